The smallest absolute Gasteiger partial charge is 0.414 e. The lowest BCUT2D eigenvalue weighted by atomic mass is 10.2. The first kappa shape index (κ1) is 23.4. The Labute approximate surface area is 202 Å². The molecule has 0 radical (unpaired) electrons. The molecule has 0 bridgehead atoms. The molecule has 9 nitrogen and oxygen atoms in total. The summed E-state index contributed by atoms with van der Waals surface area (Å²) in [6.07, 6.45) is 5.65. The molecule has 4 rings (SSSR count). The van der Waals surface area contributed by atoms with Gasteiger partial charge in [0, 0.05) is 44.6 Å². The number of aromatic nitrogens is 1. The number of hydrogen-bond acceptors (Lipinski definition) is 6. The van der Waals surface area contributed by atoms with Gasteiger partial charge in [-0.25, -0.2) is 9.18 Å². The van der Waals surface area contributed by atoms with Gasteiger partial charge in [0.2, 0.25) is 5.91 Å². The number of anilines is 2. The minimum absolute atomic E-state index is 0.0840. The van der Waals surface area contributed by atoms with Crippen molar-refractivity contribution in [2.75, 3.05) is 49.1 Å². The second-order valence-electron chi connectivity index (χ2n) is 7.92. The van der Waals surface area contributed by atoms with Crippen LogP contribution in [0.3, 0.4) is 0 Å². The highest BCUT2D eigenvalue weighted by Crippen LogP contribution is 2.28. The quantitative estimate of drug-likeness (QED) is 0.472. The average Bonchev–Trinajstić information content (AvgIpc) is 3.22. The highest BCUT2D eigenvalue weighted by atomic mass is 32.1. The lowest BCUT2D eigenvalue weighted by Gasteiger charge is -2.36. The van der Waals surface area contributed by atoms with E-state index in [4.69, 9.17) is 22.7 Å². The van der Waals surface area contributed by atoms with Crippen molar-refractivity contribution in [3.05, 3.63) is 60.2 Å². The van der Waals surface area contributed by atoms with Gasteiger partial charge in [0.15, 0.2) is 5.11 Å². The van der Waals surface area contributed by atoms with Gasteiger partial charge >= 0.3 is 6.09 Å². The number of thiocarbonyl (C=S) groups is 1. The molecule has 2 fully saturated rings. The van der Waals surface area contributed by atoms with E-state index in [-0.39, 0.29) is 17.6 Å². The zero-order chi connectivity index (χ0) is 24.1. The Morgan fingerprint density at radius 3 is 2.65 bits per heavy atom. The zero-order valence-electron chi connectivity index (χ0n) is 18.4. The maximum Gasteiger partial charge on any atom is 0.414 e. The Hall–Kier alpha value is -3.73. The summed E-state index contributed by atoms with van der Waals surface area (Å²) >= 11 is 4.76. The third-order valence-electron chi connectivity index (χ3n) is 5.68. The van der Waals surface area contributed by atoms with Crippen LogP contribution in [0.5, 0.6) is 0 Å². The summed E-state index contributed by atoms with van der Waals surface area (Å²) in [6, 6.07) is 8.32. The number of pyridine rings is 1. The lowest BCUT2D eigenvalue weighted by Crippen LogP contribution is -2.48. The number of amides is 2. The predicted molar refractivity (Wildman–Crippen MR) is 131 cm³/mol. The molecule has 0 aliphatic carbocycles. The van der Waals surface area contributed by atoms with Crippen LogP contribution >= 0.6 is 12.2 Å². The molecule has 0 spiro atoms. The summed E-state index contributed by atoms with van der Waals surface area (Å²) in [5.41, 5.74) is 7.16. The highest BCUT2D eigenvalue weighted by Gasteiger charge is 2.33. The fourth-order valence-electron chi connectivity index (χ4n) is 3.89. The van der Waals surface area contributed by atoms with Crippen LogP contribution < -0.4 is 20.9 Å². The van der Waals surface area contributed by atoms with Gasteiger partial charge in [-0.2, -0.15) is 0 Å². The van der Waals surface area contributed by atoms with Gasteiger partial charge in [-0.15, -0.1) is 0 Å². The molecule has 11 heteroatoms. The van der Waals surface area contributed by atoms with Crippen LogP contribution in [0.25, 0.3) is 6.08 Å². The molecular formula is C23H25FN6O3S. The molecule has 0 unspecified atom stereocenters. The molecule has 2 aliphatic heterocycles. The molecule has 2 aliphatic rings. The molecule has 2 amide bonds. The maximum atomic E-state index is 15.0. The Morgan fingerprint density at radius 2 is 1.97 bits per heavy atom. The first-order valence-electron chi connectivity index (χ1n) is 10.8. The number of halogens is 1. The summed E-state index contributed by atoms with van der Waals surface area (Å²) in [5.74, 6) is -0.522. The molecule has 178 valence electrons. The number of nitrogens with two attached hydrogens (primary N) is 1. The van der Waals surface area contributed by atoms with Gasteiger partial charge in [-0.3, -0.25) is 14.7 Å². The SMILES string of the molecule is NC(=S)NC[C@H]1CN(c2ccc(N3CCN(C(=O)/C=C/c4ccncc4)CC3)c(F)c2)C(=O)O1. The Balaban J connectivity index is 1.33. The molecule has 1 aromatic carbocycles. The first-order chi connectivity index (χ1) is 16.4. The lowest BCUT2D eigenvalue weighted by molar-refractivity contribution is -0.126. The Morgan fingerprint density at radius 1 is 1.24 bits per heavy atom. The fraction of sp³-hybridized carbons (Fsp3) is 0.304. The van der Waals surface area contributed by atoms with E-state index in [1.165, 1.54) is 11.0 Å². The first-order valence-corrected chi connectivity index (χ1v) is 11.2. The van der Waals surface area contributed by atoms with Gasteiger partial charge in [-0.1, -0.05) is 0 Å². The third-order valence-corrected chi connectivity index (χ3v) is 5.82. The predicted octanol–water partition coefficient (Wildman–Crippen LogP) is 1.74. The number of rotatable bonds is 6. The number of cyclic esters (lactones) is 1. The van der Waals surface area contributed by atoms with Crippen LogP contribution in [0.15, 0.2) is 48.8 Å². The number of hydrogen-bond donors (Lipinski definition) is 2. The van der Waals surface area contributed by atoms with Gasteiger partial charge < -0.3 is 25.6 Å². The van der Waals surface area contributed by atoms with Crippen molar-refractivity contribution in [3.8, 4) is 0 Å². The number of nitrogens with zero attached hydrogens (tertiary/aromatic N) is 4. The number of nitrogens with one attached hydrogen (secondary N) is 1. The largest absolute Gasteiger partial charge is 0.442 e. The molecule has 2 saturated heterocycles. The molecule has 1 atom stereocenters. The number of benzene rings is 1. The average molecular weight is 485 g/mol. The Kier molecular flexibility index (Phi) is 7.21. The van der Waals surface area contributed by atoms with E-state index in [2.05, 4.69) is 10.3 Å². The molecule has 1 aromatic heterocycles. The minimum Gasteiger partial charge on any atom is -0.442 e. The van der Waals surface area contributed by atoms with Gasteiger partial charge in [-0.05, 0) is 54.2 Å². The van der Waals surface area contributed by atoms with Crippen molar-refractivity contribution >= 4 is 46.8 Å². The van der Waals surface area contributed by atoms with Crippen LogP contribution in [0.2, 0.25) is 0 Å². The van der Waals surface area contributed by atoms with E-state index >= 15 is 0 Å². The van der Waals surface area contributed by atoms with Crippen LogP contribution in [-0.2, 0) is 9.53 Å². The summed E-state index contributed by atoms with van der Waals surface area (Å²) in [7, 11) is 0. The normalized spacial score (nSPS) is 18.3. The van der Waals surface area contributed by atoms with Crippen molar-refractivity contribution in [2.24, 2.45) is 5.73 Å². The number of carbonyl (C=O) groups excluding carboxylic acids is 2. The summed E-state index contributed by atoms with van der Waals surface area (Å²) in [6.45, 7) is 2.53. The van der Waals surface area contributed by atoms with Crippen LogP contribution in [0.1, 0.15) is 5.56 Å². The van der Waals surface area contributed by atoms with Gasteiger partial charge in [0.25, 0.3) is 0 Å². The van der Waals surface area contributed by atoms with Crippen molar-refractivity contribution < 1.29 is 18.7 Å². The van der Waals surface area contributed by atoms with Crippen molar-refractivity contribution in [3.63, 3.8) is 0 Å². The van der Waals surface area contributed by atoms with Gasteiger partial charge in [0.05, 0.1) is 24.5 Å². The summed E-state index contributed by atoms with van der Waals surface area (Å²) in [5, 5.41) is 2.88. The topological polar surface area (TPSA) is 104 Å². The molecule has 3 N–H and O–H groups in total. The minimum atomic E-state index is -0.547. The molecule has 3 heterocycles. The van der Waals surface area contributed by atoms with Gasteiger partial charge in [0.1, 0.15) is 11.9 Å². The summed E-state index contributed by atoms with van der Waals surface area (Å²) in [4.78, 5) is 33.6. The standard InChI is InChI=1S/C23H25FN6O3S/c24-19-13-17(30-15-18(33-23(30)32)14-27-22(25)34)2-3-20(19)28-9-11-29(12-10-28)21(31)4-1-16-5-7-26-8-6-16/h1-8,13,18H,9-12,14-15H2,(H3,25,27,34)/b4-1+/t18-/m0/s1. The molecular weight excluding hydrogens is 459 g/mol. The fourth-order valence-corrected chi connectivity index (χ4v) is 3.97. The van der Waals surface area contributed by atoms with E-state index < -0.39 is 18.0 Å². The second kappa shape index (κ2) is 10.5. The maximum absolute atomic E-state index is 15.0. The molecule has 0 saturated carbocycles. The van der Waals surface area contributed by atoms with E-state index in [9.17, 15) is 14.0 Å². The molecule has 2 aromatic rings. The van der Waals surface area contributed by atoms with Crippen LogP contribution in [0.4, 0.5) is 20.6 Å². The van der Waals surface area contributed by atoms with Crippen LogP contribution in [-0.4, -0.2) is 72.4 Å². The Bertz CT molecular complexity index is 1090. The number of piperazine rings is 1. The molecule has 34 heavy (non-hydrogen) atoms. The second-order valence-corrected chi connectivity index (χ2v) is 8.36. The monoisotopic (exact) mass is 484 g/mol. The zero-order valence-corrected chi connectivity index (χ0v) is 19.2. The van der Waals surface area contributed by atoms with E-state index in [1.807, 2.05) is 17.0 Å². The number of carbonyl (C=O) groups is 2. The van der Waals surface area contributed by atoms with Crippen molar-refractivity contribution in [2.45, 2.75) is 6.10 Å². The number of ether oxygens (including phenoxy) is 1. The highest BCUT2D eigenvalue weighted by molar-refractivity contribution is 7.80. The summed E-state index contributed by atoms with van der Waals surface area (Å²) < 4.78 is 20.2. The van der Waals surface area contributed by atoms with Crippen molar-refractivity contribution in [1.29, 1.82) is 0 Å². The van der Waals surface area contributed by atoms with E-state index in [1.54, 1.807) is 41.6 Å². The van der Waals surface area contributed by atoms with Crippen molar-refractivity contribution in [1.82, 2.24) is 15.2 Å². The van der Waals surface area contributed by atoms with Crippen LogP contribution in [0, 0.1) is 5.82 Å². The third kappa shape index (κ3) is 5.60. The van der Waals surface area contributed by atoms with E-state index in [0.29, 0.717) is 44.1 Å². The van der Waals surface area contributed by atoms with E-state index in [0.717, 1.165) is 5.56 Å².